The van der Waals surface area contributed by atoms with E-state index >= 15 is 0 Å². The second-order valence-corrected chi connectivity index (χ2v) is 54.3. The molecule has 0 aliphatic rings. The van der Waals surface area contributed by atoms with E-state index < -0.39 is 66.8 Å². The molecular formula is C80H184N4O5Si8. The zero-order valence-corrected chi connectivity index (χ0v) is 56.3. The van der Waals surface area contributed by atoms with Crippen LogP contribution in [-0.2, 0) is 20.9 Å². The van der Waals surface area contributed by atoms with E-state index in [-0.39, 0.29) is 163 Å². The van der Waals surface area contributed by atoms with Crippen LogP contribution in [0, 0.1) is 0 Å². The SMILES string of the molecule is C.C.C.C.C.C.C.C.C.C.C.C.C.C.C.C.C.C.C.C.C.C.CCO[Si](C)(O[Si](C)(CN)c1ccccc1)c1ccccc1.CC[Si](C)(C)O[Si](C)(C)CN.CC[Si](C)(C)O[Si](C)(C)CN.CC[Si](O[Si](CN)(c1ccccc1)c1ccccc1)(c1ccccc1)c1ccccc1. The molecule has 0 aliphatic carbocycles. The molecule has 2 atom stereocenters. The van der Waals surface area contributed by atoms with Gasteiger partial charge in [0.15, 0.2) is 33.3 Å². The van der Waals surface area contributed by atoms with E-state index in [1.807, 2.05) is 43.3 Å². The summed E-state index contributed by atoms with van der Waals surface area (Å²) in [4.78, 5) is 0. The van der Waals surface area contributed by atoms with Gasteiger partial charge in [0.05, 0.1) is 0 Å². The summed E-state index contributed by atoms with van der Waals surface area (Å²) in [7, 11) is -15.7. The van der Waals surface area contributed by atoms with Gasteiger partial charge in [0.2, 0.25) is 16.6 Å². The maximum absolute atomic E-state index is 7.62. The van der Waals surface area contributed by atoms with Gasteiger partial charge >= 0.3 is 8.56 Å². The molecule has 0 fully saturated rings. The Morgan fingerprint density at radius 3 is 0.660 bits per heavy atom. The van der Waals surface area contributed by atoms with Crippen molar-refractivity contribution in [3.8, 4) is 0 Å². The van der Waals surface area contributed by atoms with Gasteiger partial charge in [0, 0.05) is 31.3 Å². The van der Waals surface area contributed by atoms with Crippen LogP contribution < -0.4 is 54.1 Å². The van der Waals surface area contributed by atoms with Crippen molar-refractivity contribution in [1.82, 2.24) is 0 Å². The van der Waals surface area contributed by atoms with Crippen LogP contribution in [0.25, 0.3) is 0 Å². The molecule has 8 N–H and O–H groups in total. The Morgan fingerprint density at radius 1 is 0.237 bits per heavy atom. The molecule has 6 rings (SSSR count). The first-order valence-electron chi connectivity index (χ1n) is 27.0. The van der Waals surface area contributed by atoms with E-state index in [1.165, 1.54) is 38.0 Å². The highest BCUT2D eigenvalue weighted by molar-refractivity contribution is 7.09. The summed E-state index contributed by atoms with van der Waals surface area (Å²) in [5.74, 6) is 0. The first kappa shape index (κ1) is 148. The molecule has 0 spiro atoms. The maximum atomic E-state index is 7.62. The lowest BCUT2D eigenvalue weighted by atomic mass is 10.4. The Kier molecular flexibility index (Phi) is 107. The first-order valence-corrected chi connectivity index (χ1v) is 48.7. The molecule has 0 radical (unpaired) electrons. The molecule has 586 valence electrons. The second kappa shape index (κ2) is 69.8. The molecule has 0 aliphatic heterocycles. The number of nitrogens with two attached hydrogens (primary N) is 4. The van der Waals surface area contributed by atoms with Crippen molar-refractivity contribution >= 4 is 97.9 Å². The fourth-order valence-corrected chi connectivity index (χ4v) is 40.2. The van der Waals surface area contributed by atoms with E-state index in [0.717, 1.165) is 23.6 Å². The summed E-state index contributed by atoms with van der Waals surface area (Å²) in [5, 5.41) is 7.40. The van der Waals surface area contributed by atoms with Gasteiger partial charge in [-0.15, -0.1) is 0 Å². The van der Waals surface area contributed by atoms with Crippen molar-refractivity contribution < 1.29 is 20.9 Å². The number of hydrogen-bond donors (Lipinski definition) is 4. The van der Waals surface area contributed by atoms with Gasteiger partial charge in [-0.05, 0) is 122 Å². The van der Waals surface area contributed by atoms with Crippen LogP contribution in [0.15, 0.2) is 182 Å². The van der Waals surface area contributed by atoms with Crippen LogP contribution in [0.3, 0.4) is 0 Å². The van der Waals surface area contributed by atoms with Crippen molar-refractivity contribution in [1.29, 1.82) is 0 Å². The van der Waals surface area contributed by atoms with Gasteiger partial charge < -0.3 is 43.8 Å². The van der Waals surface area contributed by atoms with Crippen LogP contribution in [0.2, 0.25) is 83.6 Å². The molecule has 0 saturated heterocycles. The lowest BCUT2D eigenvalue weighted by Crippen LogP contribution is -2.75. The van der Waals surface area contributed by atoms with Gasteiger partial charge in [-0.2, -0.15) is 0 Å². The van der Waals surface area contributed by atoms with Crippen LogP contribution in [0.4, 0.5) is 0 Å². The molecule has 97 heavy (non-hydrogen) atoms. The molecular weight excluding hydrogens is 1320 g/mol. The van der Waals surface area contributed by atoms with Gasteiger partial charge in [-0.1, -0.05) is 366 Å². The molecule has 17 heteroatoms. The largest absolute Gasteiger partial charge is 0.455 e. The summed E-state index contributed by atoms with van der Waals surface area (Å²) in [5.41, 5.74) is 24.0. The highest BCUT2D eigenvalue weighted by atomic mass is 28.4. The minimum atomic E-state index is -2.70. The molecule has 6 aromatic rings. The van der Waals surface area contributed by atoms with Crippen LogP contribution in [0.1, 0.15) is 191 Å². The second-order valence-electron chi connectivity index (χ2n) is 21.8. The highest BCUT2D eigenvalue weighted by Gasteiger charge is 2.49. The molecule has 0 saturated carbocycles. The molecule has 6 aromatic carbocycles. The standard InChI is InChI=1S/C27H29NOSi2.C17H25NO2Si2.2C7H21NOSi2.22CH4/c1-2-30(24-15-7-3-8-16-24,25-17-9-4-10-18-25)29-31(23-28,26-19-11-5-12-20-26)27-21-13-6-14-22-27;1-4-19-22(3,17-13-9-6-10-14-17)20-21(2,15-18)16-11-7-5-8-12-16;2*1-6-10(2,3)9-11(4,5)7-8;;;;;;;;;;;;;;;;;;;;;;/h3-22H,2,23,28H2,1H3;5-14H,4,15,18H2,1-3H3;2*6-8H2,1-5H3;22*1H4. The lowest BCUT2D eigenvalue weighted by molar-refractivity contribution is 0.268. The Morgan fingerprint density at radius 2 is 0.464 bits per heavy atom. The lowest BCUT2D eigenvalue weighted by Gasteiger charge is -2.42. The van der Waals surface area contributed by atoms with Gasteiger partial charge in [0.25, 0.3) is 8.32 Å². The zero-order valence-electron chi connectivity index (χ0n) is 48.3. The maximum Gasteiger partial charge on any atom is 0.359 e. The van der Waals surface area contributed by atoms with E-state index in [9.17, 15) is 0 Å². The van der Waals surface area contributed by atoms with Crippen LogP contribution in [0.5, 0.6) is 0 Å². The summed E-state index contributed by atoms with van der Waals surface area (Å²) in [6.45, 7) is 31.4. The average molecular weight is 1510 g/mol. The molecule has 0 bridgehead atoms. The van der Waals surface area contributed by atoms with Crippen molar-refractivity contribution in [3.63, 3.8) is 0 Å². The van der Waals surface area contributed by atoms with Gasteiger partial charge in [-0.3, -0.25) is 0 Å². The van der Waals surface area contributed by atoms with Gasteiger partial charge in [-0.25, -0.2) is 0 Å². The normalized spacial score (nSPS) is 10.7. The highest BCUT2D eigenvalue weighted by Crippen LogP contribution is 2.22. The Hall–Kier alpha value is -3.30. The van der Waals surface area contributed by atoms with Crippen LogP contribution in [-0.4, -0.2) is 98.1 Å². The predicted octanol–water partition coefficient (Wildman–Crippen LogP) is 22.9. The van der Waals surface area contributed by atoms with Crippen molar-refractivity contribution in [2.45, 2.75) is 275 Å². The van der Waals surface area contributed by atoms with Crippen molar-refractivity contribution in [3.05, 3.63) is 182 Å². The van der Waals surface area contributed by atoms with E-state index in [1.54, 1.807) is 0 Å². The summed E-state index contributed by atoms with van der Waals surface area (Å²) in [6, 6.07) is 66.7. The minimum absolute atomic E-state index is 0. The van der Waals surface area contributed by atoms with Crippen molar-refractivity contribution in [2.24, 2.45) is 22.9 Å². The monoisotopic (exact) mass is 1510 g/mol. The third-order valence-corrected chi connectivity index (χ3v) is 45.3. The van der Waals surface area contributed by atoms with E-state index in [4.69, 9.17) is 43.8 Å². The zero-order chi connectivity index (χ0) is 55.9. The Bertz CT molecular complexity index is 2250. The Balaban J connectivity index is -0.0000000451. The third-order valence-electron chi connectivity index (χ3n) is 13.8. The third kappa shape index (κ3) is 45.3. The molecule has 0 heterocycles. The van der Waals surface area contributed by atoms with Crippen molar-refractivity contribution in [2.75, 3.05) is 31.3 Å². The van der Waals surface area contributed by atoms with E-state index in [2.05, 4.69) is 232 Å². The fourth-order valence-electron chi connectivity index (χ4n) is 8.80. The predicted molar refractivity (Wildman–Crippen MR) is 493 cm³/mol. The summed E-state index contributed by atoms with van der Waals surface area (Å²) in [6.07, 6.45) is 2.52. The molecule has 0 aromatic heterocycles. The number of rotatable bonds is 23. The minimum Gasteiger partial charge on any atom is -0.455 e. The molecule has 9 nitrogen and oxygen atoms in total. The number of hydrogen-bond acceptors (Lipinski definition) is 9. The Labute approximate surface area is 625 Å². The quantitative estimate of drug-likeness (QED) is 0.0460. The van der Waals surface area contributed by atoms with Crippen LogP contribution >= 0.6 is 0 Å². The molecule has 2 unspecified atom stereocenters. The first-order chi connectivity index (χ1) is 35.4. The average Bonchev–Trinajstić information content (AvgIpc) is 3.43. The smallest absolute Gasteiger partial charge is 0.359 e. The number of benzene rings is 6. The molecule has 0 amide bonds. The summed E-state index contributed by atoms with van der Waals surface area (Å²) >= 11 is 0. The topological polar surface area (TPSA) is 150 Å². The fraction of sp³-hybridized carbons (Fsp3) is 0.550. The summed E-state index contributed by atoms with van der Waals surface area (Å²) < 4.78 is 32.6. The van der Waals surface area contributed by atoms with Gasteiger partial charge in [0.1, 0.15) is 0 Å². The van der Waals surface area contributed by atoms with E-state index in [0.29, 0.717) is 18.9 Å².